The largest absolute Gasteiger partial charge is 0.496 e. The molecule has 0 amide bonds. The van der Waals surface area contributed by atoms with Crippen LogP contribution in [0, 0.1) is 0 Å². The molecule has 5 heteroatoms. The molecule has 5 aromatic rings. The van der Waals surface area contributed by atoms with E-state index < -0.39 is 0 Å². The van der Waals surface area contributed by atoms with Gasteiger partial charge in [0, 0.05) is 22.7 Å². The highest BCUT2D eigenvalue weighted by Gasteiger charge is 2.13. The second-order valence-corrected chi connectivity index (χ2v) is 7.11. The van der Waals surface area contributed by atoms with Crippen molar-refractivity contribution in [3.8, 4) is 27.6 Å². The summed E-state index contributed by atoms with van der Waals surface area (Å²) in [5.74, 6) is 0.804. The molecule has 3 aromatic heterocycles. The van der Waals surface area contributed by atoms with Gasteiger partial charge in [-0.05, 0) is 24.3 Å². The molecule has 0 aliphatic carbocycles. The number of hydrogen-bond acceptors (Lipinski definition) is 5. The maximum absolute atomic E-state index is 5.50. The molecular weight excluding hydrogens is 354 g/mol. The van der Waals surface area contributed by atoms with Gasteiger partial charge in [-0.25, -0.2) is 15.0 Å². The second kappa shape index (κ2) is 6.45. The van der Waals surface area contributed by atoms with Crippen molar-refractivity contribution >= 4 is 32.6 Å². The Labute approximate surface area is 160 Å². The molecule has 3 heterocycles. The summed E-state index contributed by atoms with van der Waals surface area (Å²) < 4.78 is 5.50. The van der Waals surface area contributed by atoms with E-state index in [4.69, 9.17) is 14.7 Å². The van der Waals surface area contributed by atoms with E-state index in [0.717, 1.165) is 48.8 Å². The number of benzene rings is 2. The Balaban J connectivity index is 1.73. The highest BCUT2D eigenvalue weighted by molar-refractivity contribution is 7.21. The zero-order valence-corrected chi connectivity index (χ0v) is 15.4. The minimum Gasteiger partial charge on any atom is -0.496 e. The van der Waals surface area contributed by atoms with Gasteiger partial charge in [0.25, 0.3) is 0 Å². The van der Waals surface area contributed by atoms with Crippen LogP contribution < -0.4 is 4.74 Å². The lowest BCUT2D eigenvalue weighted by Gasteiger charge is -2.08. The van der Waals surface area contributed by atoms with Crippen LogP contribution in [0.2, 0.25) is 0 Å². The molecule has 0 spiro atoms. The summed E-state index contributed by atoms with van der Waals surface area (Å²) in [6.45, 7) is 0. The number of nitrogens with zero attached hydrogens (tertiary/aromatic N) is 3. The molecule has 0 aliphatic rings. The Bertz CT molecular complexity index is 1260. The van der Waals surface area contributed by atoms with Gasteiger partial charge in [0.05, 0.1) is 12.8 Å². The maximum Gasteiger partial charge on any atom is 0.146 e. The topological polar surface area (TPSA) is 47.9 Å². The maximum atomic E-state index is 5.50. The number of fused-ring (bicyclic) bond motifs is 3. The van der Waals surface area contributed by atoms with Crippen LogP contribution in [0.1, 0.15) is 0 Å². The van der Waals surface area contributed by atoms with Crippen molar-refractivity contribution in [1.29, 1.82) is 0 Å². The summed E-state index contributed by atoms with van der Waals surface area (Å²) in [6.07, 6.45) is 1.86. The van der Waals surface area contributed by atoms with Crippen LogP contribution >= 0.6 is 11.3 Å². The van der Waals surface area contributed by atoms with Gasteiger partial charge >= 0.3 is 0 Å². The van der Waals surface area contributed by atoms with Gasteiger partial charge in [-0.2, -0.15) is 0 Å². The molecule has 0 bridgehead atoms. The van der Waals surface area contributed by atoms with Crippen LogP contribution in [-0.4, -0.2) is 22.1 Å². The third-order valence-corrected chi connectivity index (χ3v) is 5.50. The highest BCUT2D eigenvalue weighted by Crippen LogP contribution is 2.34. The summed E-state index contributed by atoms with van der Waals surface area (Å²) in [6, 6.07) is 22.1. The van der Waals surface area contributed by atoms with Crippen molar-refractivity contribution in [3.63, 3.8) is 0 Å². The van der Waals surface area contributed by atoms with Crippen LogP contribution in [0.3, 0.4) is 0 Å². The Morgan fingerprint density at radius 3 is 2.48 bits per heavy atom. The normalized spacial score (nSPS) is 11.1. The zero-order chi connectivity index (χ0) is 18.2. The van der Waals surface area contributed by atoms with E-state index in [0.29, 0.717) is 0 Å². The minimum absolute atomic E-state index is 0.804. The van der Waals surface area contributed by atoms with Crippen LogP contribution in [0.25, 0.3) is 43.1 Å². The minimum atomic E-state index is 0.804. The second-order valence-electron chi connectivity index (χ2n) is 6.13. The number of ether oxygens (including phenoxy) is 1. The van der Waals surface area contributed by atoms with Crippen molar-refractivity contribution in [3.05, 3.63) is 72.9 Å². The number of para-hydroxylation sites is 1. The first kappa shape index (κ1) is 15.9. The van der Waals surface area contributed by atoms with E-state index in [1.807, 2.05) is 60.8 Å². The quantitative estimate of drug-likeness (QED) is 0.416. The molecular formula is C22H15N3OS. The lowest BCUT2D eigenvalue weighted by atomic mass is 10.1. The van der Waals surface area contributed by atoms with Crippen LogP contribution in [0.15, 0.2) is 72.9 Å². The molecule has 0 atom stereocenters. The average Bonchev–Trinajstić information content (AvgIpc) is 3.19. The fourth-order valence-corrected chi connectivity index (χ4v) is 4.07. The van der Waals surface area contributed by atoms with Crippen LogP contribution in [0.4, 0.5) is 0 Å². The molecule has 4 nitrogen and oxygen atoms in total. The van der Waals surface area contributed by atoms with Crippen molar-refractivity contribution in [1.82, 2.24) is 15.0 Å². The number of pyridine rings is 2. The molecule has 0 saturated carbocycles. The van der Waals surface area contributed by atoms with Crippen molar-refractivity contribution in [2.75, 3.05) is 7.11 Å². The standard InChI is InChI=1S/C22H15N3OS/c1-26-18-10-6-5-9-16(18)17-12-11-15-13-23-22-20(19(15)24-17)25-21(27-22)14-7-3-2-4-8-14/h2-13H,1H3. The Morgan fingerprint density at radius 1 is 0.815 bits per heavy atom. The SMILES string of the molecule is COc1ccccc1-c1ccc2cnc3sc(-c4ccccc4)nc3c2n1. The smallest absolute Gasteiger partial charge is 0.146 e. The number of hydrogen-bond donors (Lipinski definition) is 0. The summed E-state index contributed by atoms with van der Waals surface area (Å²) in [7, 11) is 1.68. The third-order valence-electron chi connectivity index (χ3n) is 4.48. The van der Waals surface area contributed by atoms with Gasteiger partial charge in [-0.15, -0.1) is 0 Å². The van der Waals surface area contributed by atoms with E-state index in [1.54, 1.807) is 18.4 Å². The first-order chi connectivity index (χ1) is 13.3. The van der Waals surface area contributed by atoms with Crippen molar-refractivity contribution in [2.45, 2.75) is 0 Å². The van der Waals surface area contributed by atoms with Crippen molar-refractivity contribution < 1.29 is 4.74 Å². The predicted molar refractivity (Wildman–Crippen MR) is 110 cm³/mol. The molecule has 0 saturated heterocycles. The summed E-state index contributed by atoms with van der Waals surface area (Å²) in [5.41, 5.74) is 4.62. The average molecular weight is 369 g/mol. The Hall–Kier alpha value is -3.31. The van der Waals surface area contributed by atoms with Gasteiger partial charge in [-0.3, -0.25) is 0 Å². The van der Waals surface area contributed by atoms with Gasteiger partial charge in [-0.1, -0.05) is 53.8 Å². The third kappa shape index (κ3) is 2.73. The number of aromatic nitrogens is 3. The van der Waals surface area contributed by atoms with Gasteiger partial charge in [0.15, 0.2) is 0 Å². The molecule has 0 radical (unpaired) electrons. The van der Waals surface area contributed by atoms with Crippen LogP contribution in [0.5, 0.6) is 5.75 Å². The van der Waals surface area contributed by atoms with E-state index in [2.05, 4.69) is 17.1 Å². The molecule has 5 rings (SSSR count). The zero-order valence-electron chi connectivity index (χ0n) is 14.6. The van der Waals surface area contributed by atoms with E-state index >= 15 is 0 Å². The van der Waals surface area contributed by atoms with E-state index in [1.165, 1.54) is 0 Å². The van der Waals surface area contributed by atoms with Crippen molar-refractivity contribution in [2.24, 2.45) is 0 Å². The molecule has 130 valence electrons. The number of rotatable bonds is 3. The van der Waals surface area contributed by atoms with Gasteiger partial charge in [0.1, 0.15) is 26.6 Å². The summed E-state index contributed by atoms with van der Waals surface area (Å²) in [4.78, 5) is 15.2. The molecule has 0 fully saturated rings. The lowest BCUT2D eigenvalue weighted by molar-refractivity contribution is 0.416. The molecule has 0 N–H and O–H groups in total. The predicted octanol–water partition coefficient (Wildman–Crippen LogP) is 5.58. The van der Waals surface area contributed by atoms with Gasteiger partial charge < -0.3 is 4.74 Å². The highest BCUT2D eigenvalue weighted by atomic mass is 32.1. The first-order valence-electron chi connectivity index (χ1n) is 8.58. The van der Waals surface area contributed by atoms with Crippen LogP contribution in [-0.2, 0) is 0 Å². The molecule has 0 unspecified atom stereocenters. The Kier molecular flexibility index (Phi) is 3.80. The molecule has 0 aliphatic heterocycles. The molecule has 2 aromatic carbocycles. The fraction of sp³-hybridized carbons (Fsp3) is 0.0455. The lowest BCUT2D eigenvalue weighted by Crippen LogP contribution is -1.91. The summed E-state index contributed by atoms with van der Waals surface area (Å²) >= 11 is 1.59. The molecule has 27 heavy (non-hydrogen) atoms. The summed E-state index contributed by atoms with van der Waals surface area (Å²) in [5, 5.41) is 1.93. The first-order valence-corrected chi connectivity index (χ1v) is 9.40. The fourth-order valence-electron chi connectivity index (χ4n) is 3.16. The monoisotopic (exact) mass is 369 g/mol. The number of thiazole rings is 1. The number of methoxy groups -OCH3 is 1. The van der Waals surface area contributed by atoms with Gasteiger partial charge in [0.2, 0.25) is 0 Å². The van der Waals surface area contributed by atoms with E-state index in [9.17, 15) is 0 Å². The van der Waals surface area contributed by atoms with E-state index in [-0.39, 0.29) is 0 Å². The Morgan fingerprint density at radius 2 is 1.63 bits per heavy atom.